The van der Waals surface area contributed by atoms with E-state index < -0.39 is 15.9 Å². The van der Waals surface area contributed by atoms with E-state index >= 15 is 0 Å². The molecule has 24 heavy (non-hydrogen) atoms. The molecule has 2 aromatic rings. The van der Waals surface area contributed by atoms with Crippen LogP contribution < -0.4 is 15.4 Å². The second-order valence-corrected chi connectivity index (χ2v) is 7.51. The Kier molecular flexibility index (Phi) is 4.39. The summed E-state index contributed by atoms with van der Waals surface area (Å²) in [4.78, 5) is 15.7. The molecule has 1 aromatic heterocycles. The molecule has 7 nitrogen and oxygen atoms in total. The number of nitrogens with zero attached hydrogens (tertiary/aromatic N) is 1. The van der Waals surface area contributed by atoms with E-state index in [2.05, 4.69) is 15.6 Å². The van der Waals surface area contributed by atoms with Crippen LogP contribution in [0.2, 0.25) is 0 Å². The van der Waals surface area contributed by atoms with Gasteiger partial charge in [-0.15, -0.1) is 0 Å². The lowest BCUT2D eigenvalue weighted by Gasteiger charge is -2.12. The van der Waals surface area contributed by atoms with Gasteiger partial charge in [-0.25, -0.2) is 18.2 Å². The first-order chi connectivity index (χ1) is 11.4. The van der Waals surface area contributed by atoms with Crippen LogP contribution in [0.15, 0.2) is 47.6 Å². The van der Waals surface area contributed by atoms with Crippen molar-refractivity contribution >= 4 is 21.6 Å². The number of aromatic nitrogens is 1. The summed E-state index contributed by atoms with van der Waals surface area (Å²) in [6, 6.07) is 10.2. The van der Waals surface area contributed by atoms with Crippen molar-refractivity contribution < 1.29 is 17.9 Å². The molecule has 0 saturated carbocycles. The van der Waals surface area contributed by atoms with Crippen molar-refractivity contribution in [1.29, 1.82) is 0 Å². The largest absolute Gasteiger partial charge is 0.488 e. The Balaban J connectivity index is 1.50. The predicted molar refractivity (Wildman–Crippen MR) is 88.9 cm³/mol. The second-order valence-electron chi connectivity index (χ2n) is 5.54. The first-order valence-electron chi connectivity index (χ1n) is 7.37. The number of hydrogen-bond acceptors (Lipinski definition) is 5. The first-order valence-corrected chi connectivity index (χ1v) is 9.26. The number of urea groups is 1. The van der Waals surface area contributed by atoms with Crippen molar-refractivity contribution in [3.8, 4) is 5.75 Å². The SMILES string of the molecule is CS(=O)(=O)c1ccc(NC(=O)NCC2Cc3ccccc3O2)cn1. The summed E-state index contributed by atoms with van der Waals surface area (Å²) in [5, 5.41) is 5.30. The van der Waals surface area contributed by atoms with Gasteiger partial charge < -0.3 is 15.4 Å². The van der Waals surface area contributed by atoms with E-state index in [9.17, 15) is 13.2 Å². The molecule has 1 atom stereocenters. The number of benzene rings is 1. The zero-order chi connectivity index (χ0) is 17.2. The smallest absolute Gasteiger partial charge is 0.319 e. The molecule has 2 N–H and O–H groups in total. The Bertz CT molecular complexity index is 825. The number of nitrogens with one attached hydrogen (secondary N) is 2. The maximum atomic E-state index is 11.9. The minimum Gasteiger partial charge on any atom is -0.488 e. The molecule has 1 unspecified atom stereocenters. The van der Waals surface area contributed by atoms with Gasteiger partial charge in [0.15, 0.2) is 14.9 Å². The van der Waals surface area contributed by atoms with Crippen molar-refractivity contribution in [3.63, 3.8) is 0 Å². The number of fused-ring (bicyclic) bond motifs is 1. The number of sulfone groups is 1. The summed E-state index contributed by atoms with van der Waals surface area (Å²) in [5.41, 5.74) is 1.54. The molecule has 1 aliphatic rings. The van der Waals surface area contributed by atoms with Crippen LogP contribution in [0.3, 0.4) is 0 Å². The normalized spacial score (nSPS) is 16.1. The van der Waals surface area contributed by atoms with Crippen LogP contribution in [0.25, 0.3) is 0 Å². The van der Waals surface area contributed by atoms with Crippen LogP contribution in [0.5, 0.6) is 5.75 Å². The third kappa shape index (κ3) is 3.83. The molecule has 0 aliphatic carbocycles. The Morgan fingerprint density at radius 3 is 2.75 bits per heavy atom. The highest BCUT2D eigenvalue weighted by atomic mass is 32.2. The summed E-state index contributed by atoms with van der Waals surface area (Å²) >= 11 is 0. The maximum absolute atomic E-state index is 11.9. The van der Waals surface area contributed by atoms with E-state index in [0.29, 0.717) is 12.2 Å². The number of ether oxygens (including phenoxy) is 1. The lowest BCUT2D eigenvalue weighted by atomic mass is 10.1. The van der Waals surface area contributed by atoms with Gasteiger partial charge in [0.1, 0.15) is 11.9 Å². The average molecular weight is 347 g/mol. The second kappa shape index (κ2) is 6.48. The molecule has 1 aromatic carbocycles. The number of anilines is 1. The van der Waals surface area contributed by atoms with Gasteiger partial charge in [0.05, 0.1) is 18.4 Å². The Hall–Kier alpha value is -2.61. The number of rotatable bonds is 4. The Morgan fingerprint density at radius 2 is 2.08 bits per heavy atom. The maximum Gasteiger partial charge on any atom is 0.319 e. The number of para-hydroxylation sites is 1. The van der Waals surface area contributed by atoms with Gasteiger partial charge >= 0.3 is 6.03 Å². The van der Waals surface area contributed by atoms with Gasteiger partial charge in [0, 0.05) is 12.7 Å². The van der Waals surface area contributed by atoms with Crippen molar-refractivity contribution in [1.82, 2.24) is 10.3 Å². The summed E-state index contributed by atoms with van der Waals surface area (Å²) in [7, 11) is -3.35. The molecular weight excluding hydrogens is 330 g/mol. The van der Waals surface area contributed by atoms with E-state index in [1.165, 1.54) is 18.3 Å². The molecule has 0 radical (unpaired) electrons. The summed E-state index contributed by atoms with van der Waals surface area (Å²) < 4.78 is 28.4. The number of amides is 2. The van der Waals surface area contributed by atoms with Crippen LogP contribution in [0.4, 0.5) is 10.5 Å². The first kappa shape index (κ1) is 16.3. The minimum absolute atomic E-state index is 0.0365. The molecule has 0 bridgehead atoms. The molecule has 2 amide bonds. The highest BCUT2D eigenvalue weighted by molar-refractivity contribution is 7.90. The summed E-state index contributed by atoms with van der Waals surface area (Å²) in [5.74, 6) is 0.852. The van der Waals surface area contributed by atoms with E-state index in [1.54, 1.807) is 0 Å². The van der Waals surface area contributed by atoms with Gasteiger partial charge in [-0.1, -0.05) is 18.2 Å². The number of carbonyl (C=O) groups excluding carboxylic acids is 1. The number of pyridine rings is 1. The molecule has 2 heterocycles. The van der Waals surface area contributed by atoms with Crippen molar-refractivity contribution in [2.45, 2.75) is 17.6 Å². The molecule has 8 heteroatoms. The van der Waals surface area contributed by atoms with Gasteiger partial charge in [-0.2, -0.15) is 0 Å². The monoisotopic (exact) mass is 347 g/mol. The molecule has 0 spiro atoms. The summed E-state index contributed by atoms with van der Waals surface area (Å²) in [6.07, 6.45) is 3.03. The minimum atomic E-state index is -3.35. The van der Waals surface area contributed by atoms with Gasteiger partial charge in [-0.05, 0) is 23.8 Å². The lowest BCUT2D eigenvalue weighted by Crippen LogP contribution is -2.37. The Labute approximate surface area is 140 Å². The summed E-state index contributed by atoms with van der Waals surface area (Å²) in [6.45, 7) is 0.370. The van der Waals surface area contributed by atoms with E-state index in [-0.39, 0.29) is 11.1 Å². The molecule has 1 aliphatic heterocycles. The van der Waals surface area contributed by atoms with Crippen molar-refractivity contribution in [2.75, 3.05) is 18.1 Å². The van der Waals surface area contributed by atoms with Crippen molar-refractivity contribution in [2.24, 2.45) is 0 Å². The van der Waals surface area contributed by atoms with Gasteiger partial charge in [0.2, 0.25) is 0 Å². The van der Waals surface area contributed by atoms with Gasteiger partial charge in [0.25, 0.3) is 0 Å². The highest BCUT2D eigenvalue weighted by Crippen LogP contribution is 2.27. The quantitative estimate of drug-likeness (QED) is 0.876. The molecule has 3 rings (SSSR count). The lowest BCUT2D eigenvalue weighted by molar-refractivity contribution is 0.219. The number of carbonyl (C=O) groups is 1. The predicted octanol–water partition coefficient (Wildman–Crippen LogP) is 1.61. The zero-order valence-electron chi connectivity index (χ0n) is 13.0. The van der Waals surface area contributed by atoms with Crippen LogP contribution in [0.1, 0.15) is 5.56 Å². The van der Waals surface area contributed by atoms with Crippen LogP contribution in [-0.2, 0) is 16.3 Å². The molecular formula is C16H17N3O4S. The van der Waals surface area contributed by atoms with Crippen LogP contribution in [-0.4, -0.2) is 38.3 Å². The van der Waals surface area contributed by atoms with E-state index in [1.807, 2.05) is 24.3 Å². The zero-order valence-corrected chi connectivity index (χ0v) is 13.8. The van der Waals surface area contributed by atoms with E-state index in [4.69, 9.17) is 4.74 Å². The van der Waals surface area contributed by atoms with E-state index in [0.717, 1.165) is 24.0 Å². The fourth-order valence-corrected chi connectivity index (χ4v) is 2.98. The van der Waals surface area contributed by atoms with Crippen LogP contribution in [0, 0.1) is 0 Å². The Morgan fingerprint density at radius 1 is 1.29 bits per heavy atom. The fraction of sp³-hybridized carbons (Fsp3) is 0.250. The topological polar surface area (TPSA) is 97.4 Å². The third-order valence-electron chi connectivity index (χ3n) is 3.58. The van der Waals surface area contributed by atoms with Crippen LogP contribution >= 0.6 is 0 Å². The molecule has 126 valence electrons. The average Bonchev–Trinajstić information content (AvgIpc) is 2.95. The number of hydrogen-bond donors (Lipinski definition) is 2. The van der Waals surface area contributed by atoms with Crippen molar-refractivity contribution in [3.05, 3.63) is 48.2 Å². The molecule has 0 saturated heterocycles. The highest BCUT2D eigenvalue weighted by Gasteiger charge is 2.22. The molecule has 0 fully saturated rings. The third-order valence-corrected chi connectivity index (χ3v) is 4.58. The van der Waals surface area contributed by atoms with Gasteiger partial charge in [-0.3, -0.25) is 0 Å². The fourth-order valence-electron chi connectivity index (χ4n) is 2.42. The standard InChI is InChI=1S/C16H17N3O4S/c1-24(21,22)15-7-6-12(9-17-15)19-16(20)18-10-13-8-11-4-2-3-5-14(11)23-13/h2-7,9,13H,8,10H2,1H3,(H2,18,19,20).